The van der Waals surface area contributed by atoms with Crippen LogP contribution in [-0.2, 0) is 0 Å². The van der Waals surface area contributed by atoms with Crippen LogP contribution < -0.4 is 15.7 Å². The van der Waals surface area contributed by atoms with E-state index in [0.717, 1.165) is 11.3 Å². The zero-order valence-corrected chi connectivity index (χ0v) is 11.3. The monoisotopic (exact) mass is 273 g/mol. The number of hydrogen-bond donors (Lipinski definition) is 2. The van der Waals surface area contributed by atoms with Gasteiger partial charge in [0, 0.05) is 0 Å². The van der Waals surface area contributed by atoms with E-state index in [2.05, 4.69) is 25.7 Å². The van der Waals surface area contributed by atoms with Crippen LogP contribution in [0.3, 0.4) is 0 Å². The van der Waals surface area contributed by atoms with E-state index in [9.17, 15) is 4.79 Å². The van der Waals surface area contributed by atoms with E-state index in [1.165, 1.54) is 0 Å². The summed E-state index contributed by atoms with van der Waals surface area (Å²) in [5.41, 5.74) is 3.52. The fourth-order valence-electron chi connectivity index (χ4n) is 1.43. The molecule has 0 unspecified atom stereocenters. The Hall–Kier alpha value is -2.70. The first-order valence-corrected chi connectivity index (χ1v) is 6.14. The lowest BCUT2D eigenvalue weighted by molar-refractivity contribution is 0.340. The molecule has 7 nitrogen and oxygen atoms in total. The van der Waals surface area contributed by atoms with Gasteiger partial charge in [0.25, 0.3) is 5.56 Å². The molecule has 0 saturated carbocycles. The third kappa shape index (κ3) is 3.64. The van der Waals surface area contributed by atoms with Crippen molar-refractivity contribution < 1.29 is 4.74 Å². The van der Waals surface area contributed by atoms with Crippen molar-refractivity contribution in [2.24, 2.45) is 5.10 Å². The number of nitrogens with zero attached hydrogens (tertiary/aromatic N) is 3. The molecule has 104 valence electrons. The van der Waals surface area contributed by atoms with Crippen LogP contribution in [0, 0.1) is 6.92 Å². The number of aromatic amines is 1. The molecule has 0 saturated heterocycles. The number of hydrazone groups is 1. The third-order valence-electron chi connectivity index (χ3n) is 2.44. The molecule has 2 rings (SSSR count). The Balaban J connectivity index is 1.98. The van der Waals surface area contributed by atoms with Gasteiger partial charge in [-0.3, -0.25) is 9.78 Å². The van der Waals surface area contributed by atoms with Crippen LogP contribution in [0.2, 0.25) is 0 Å². The highest BCUT2D eigenvalue weighted by molar-refractivity contribution is 5.80. The first-order chi connectivity index (χ1) is 9.69. The number of nitrogens with one attached hydrogen (secondary N) is 2. The first-order valence-electron chi connectivity index (χ1n) is 6.14. The maximum atomic E-state index is 11.3. The molecular weight excluding hydrogens is 258 g/mol. The number of H-pyrrole nitrogens is 1. The van der Waals surface area contributed by atoms with Crippen LogP contribution in [0.5, 0.6) is 5.75 Å². The minimum absolute atomic E-state index is 0.197. The van der Waals surface area contributed by atoms with E-state index in [4.69, 9.17) is 4.74 Å². The normalized spacial score (nSPS) is 10.7. The lowest BCUT2D eigenvalue weighted by Gasteiger charge is -2.02. The summed E-state index contributed by atoms with van der Waals surface area (Å²) in [5.74, 6) is 1.01. The third-order valence-corrected chi connectivity index (χ3v) is 2.44. The van der Waals surface area contributed by atoms with Crippen LogP contribution >= 0.6 is 0 Å². The smallest absolute Gasteiger partial charge is 0.274 e. The van der Waals surface area contributed by atoms with Crippen molar-refractivity contribution in [2.45, 2.75) is 13.8 Å². The van der Waals surface area contributed by atoms with Gasteiger partial charge in [-0.2, -0.15) is 5.10 Å². The van der Waals surface area contributed by atoms with Crippen LogP contribution in [0.15, 0.2) is 34.2 Å². The second-order valence-corrected chi connectivity index (χ2v) is 3.96. The van der Waals surface area contributed by atoms with Gasteiger partial charge in [0.15, 0.2) is 0 Å². The minimum Gasteiger partial charge on any atom is -0.494 e. The zero-order valence-electron chi connectivity index (χ0n) is 11.3. The number of rotatable bonds is 5. The standard InChI is InChI=1S/C13H15N5O2/c1-3-20-11-6-4-10(5-7-11)8-14-17-13-15-12(19)9(2)16-18-13/h4-8H,3H2,1-2H3,(H2,15,17,18,19)/b14-8+. The second kappa shape index (κ2) is 6.46. The molecule has 0 aliphatic heterocycles. The quantitative estimate of drug-likeness (QED) is 0.633. The predicted octanol–water partition coefficient (Wildman–Crippen LogP) is 1.32. The topological polar surface area (TPSA) is 92.3 Å². The van der Waals surface area contributed by atoms with E-state index >= 15 is 0 Å². The molecule has 0 atom stereocenters. The Morgan fingerprint density at radius 3 is 2.75 bits per heavy atom. The largest absolute Gasteiger partial charge is 0.494 e. The molecule has 2 aromatic rings. The van der Waals surface area contributed by atoms with Crippen molar-refractivity contribution in [1.29, 1.82) is 0 Å². The molecule has 0 aliphatic rings. The van der Waals surface area contributed by atoms with Crippen molar-refractivity contribution in [3.63, 3.8) is 0 Å². The van der Waals surface area contributed by atoms with E-state index < -0.39 is 0 Å². The minimum atomic E-state index is -0.293. The Morgan fingerprint density at radius 2 is 2.10 bits per heavy atom. The summed E-state index contributed by atoms with van der Waals surface area (Å²) in [6.07, 6.45) is 1.61. The molecule has 1 heterocycles. The van der Waals surface area contributed by atoms with Crippen LogP contribution in [-0.4, -0.2) is 28.0 Å². The Bertz CT molecular complexity index is 649. The SMILES string of the molecule is CCOc1ccc(/C=N/Nc2nnc(C)c(=O)[nH]2)cc1. The molecular formula is C13H15N5O2. The van der Waals surface area contributed by atoms with Crippen molar-refractivity contribution in [3.05, 3.63) is 45.9 Å². The number of benzene rings is 1. The average molecular weight is 273 g/mol. The summed E-state index contributed by atoms with van der Waals surface area (Å²) in [6.45, 7) is 4.15. The summed E-state index contributed by atoms with van der Waals surface area (Å²) in [5, 5.41) is 11.4. The van der Waals surface area contributed by atoms with E-state index in [1.54, 1.807) is 13.1 Å². The van der Waals surface area contributed by atoms with E-state index in [1.807, 2.05) is 31.2 Å². The zero-order chi connectivity index (χ0) is 14.4. The van der Waals surface area contributed by atoms with Crippen molar-refractivity contribution in [3.8, 4) is 5.75 Å². The van der Waals surface area contributed by atoms with Crippen LogP contribution in [0.1, 0.15) is 18.2 Å². The lowest BCUT2D eigenvalue weighted by Crippen LogP contribution is -2.15. The average Bonchev–Trinajstić information content (AvgIpc) is 2.45. The molecule has 0 spiro atoms. The van der Waals surface area contributed by atoms with E-state index in [0.29, 0.717) is 12.3 Å². The molecule has 0 fully saturated rings. The van der Waals surface area contributed by atoms with Crippen molar-refractivity contribution in [2.75, 3.05) is 12.0 Å². The van der Waals surface area contributed by atoms with Gasteiger partial charge in [-0.1, -0.05) is 0 Å². The van der Waals surface area contributed by atoms with Gasteiger partial charge in [0.2, 0.25) is 5.95 Å². The summed E-state index contributed by atoms with van der Waals surface area (Å²) in [4.78, 5) is 13.8. The Morgan fingerprint density at radius 1 is 1.35 bits per heavy atom. The first kappa shape index (κ1) is 13.7. The lowest BCUT2D eigenvalue weighted by atomic mass is 10.2. The fourth-order valence-corrected chi connectivity index (χ4v) is 1.43. The number of aromatic nitrogens is 3. The number of anilines is 1. The molecule has 1 aromatic heterocycles. The van der Waals surface area contributed by atoms with Gasteiger partial charge in [-0.25, -0.2) is 5.43 Å². The number of aryl methyl sites for hydroxylation is 1. The molecule has 0 radical (unpaired) electrons. The summed E-state index contributed by atoms with van der Waals surface area (Å²) >= 11 is 0. The molecule has 0 aliphatic carbocycles. The van der Waals surface area contributed by atoms with Gasteiger partial charge in [0.1, 0.15) is 11.4 Å². The molecule has 0 amide bonds. The van der Waals surface area contributed by atoms with Crippen LogP contribution in [0.4, 0.5) is 5.95 Å². The maximum Gasteiger partial charge on any atom is 0.274 e. The van der Waals surface area contributed by atoms with E-state index in [-0.39, 0.29) is 11.5 Å². The summed E-state index contributed by atoms with van der Waals surface area (Å²) < 4.78 is 5.34. The van der Waals surface area contributed by atoms with Gasteiger partial charge in [0.05, 0.1) is 12.8 Å². The van der Waals surface area contributed by atoms with Crippen molar-refractivity contribution in [1.82, 2.24) is 15.2 Å². The van der Waals surface area contributed by atoms with Crippen LogP contribution in [0.25, 0.3) is 0 Å². The molecule has 1 aromatic carbocycles. The Labute approximate surface area is 115 Å². The van der Waals surface area contributed by atoms with Crippen molar-refractivity contribution >= 4 is 12.2 Å². The fraction of sp³-hybridized carbons (Fsp3) is 0.231. The van der Waals surface area contributed by atoms with Gasteiger partial charge in [-0.05, 0) is 43.7 Å². The van der Waals surface area contributed by atoms with Gasteiger partial charge >= 0.3 is 0 Å². The van der Waals surface area contributed by atoms with Gasteiger partial charge < -0.3 is 4.74 Å². The highest BCUT2D eigenvalue weighted by Crippen LogP contribution is 2.10. The summed E-state index contributed by atoms with van der Waals surface area (Å²) in [6, 6.07) is 7.47. The molecule has 7 heteroatoms. The van der Waals surface area contributed by atoms with Gasteiger partial charge in [-0.15, -0.1) is 10.2 Å². The highest BCUT2D eigenvalue weighted by atomic mass is 16.5. The summed E-state index contributed by atoms with van der Waals surface area (Å²) in [7, 11) is 0. The highest BCUT2D eigenvalue weighted by Gasteiger charge is 1.97. The molecule has 2 N–H and O–H groups in total. The Kier molecular flexibility index (Phi) is 4.43. The number of ether oxygens (including phenoxy) is 1. The molecule has 20 heavy (non-hydrogen) atoms. The maximum absolute atomic E-state index is 11.3. The predicted molar refractivity (Wildman–Crippen MR) is 76.2 cm³/mol. The molecule has 0 bridgehead atoms. The number of hydrogen-bond acceptors (Lipinski definition) is 6. The second-order valence-electron chi connectivity index (χ2n) is 3.96.